The molecule has 0 saturated carbocycles. The monoisotopic (exact) mass is 530 g/mol. The van der Waals surface area contributed by atoms with Crippen LogP contribution >= 0.6 is 0 Å². The lowest BCUT2D eigenvalue weighted by Gasteiger charge is -2.38. The highest BCUT2D eigenvalue weighted by Gasteiger charge is 2.35. The fraction of sp³-hybridized carbons (Fsp3) is 0.538. The Kier molecular flexibility index (Phi) is 9.21. The molecule has 1 aromatic carbocycles. The molecule has 12 heteroatoms. The van der Waals surface area contributed by atoms with E-state index in [1.54, 1.807) is 50.9 Å². The summed E-state index contributed by atoms with van der Waals surface area (Å²) in [5, 5.41) is 22.0. The number of anilines is 2. The average molecular weight is 531 g/mol. The maximum atomic E-state index is 13.6. The molecule has 0 aliphatic carbocycles. The number of nitrogens with one attached hydrogen (secondary N) is 3. The summed E-state index contributed by atoms with van der Waals surface area (Å²) in [6.45, 7) is 11.2. The number of urea groups is 2. The van der Waals surface area contributed by atoms with Crippen molar-refractivity contribution in [1.29, 1.82) is 0 Å². The van der Waals surface area contributed by atoms with Crippen molar-refractivity contribution in [2.75, 3.05) is 37.4 Å². The molecule has 208 valence electrons. The Morgan fingerprint density at radius 3 is 2.55 bits per heavy atom. The number of benzene rings is 1. The molecule has 0 spiro atoms. The van der Waals surface area contributed by atoms with E-state index in [4.69, 9.17) is 9.26 Å². The number of aromatic nitrogens is 1. The van der Waals surface area contributed by atoms with Crippen molar-refractivity contribution in [1.82, 2.24) is 20.3 Å². The molecule has 0 bridgehead atoms. The maximum absolute atomic E-state index is 13.6. The van der Waals surface area contributed by atoms with Gasteiger partial charge in [0.05, 0.1) is 30.4 Å². The van der Waals surface area contributed by atoms with Crippen molar-refractivity contribution in [2.24, 2.45) is 5.92 Å². The molecule has 5 amide bonds. The number of hydrogen-bond acceptors (Lipinski definition) is 7. The smallest absolute Gasteiger partial charge is 0.323 e. The van der Waals surface area contributed by atoms with Gasteiger partial charge in [-0.15, -0.1) is 0 Å². The van der Waals surface area contributed by atoms with Crippen LogP contribution in [-0.2, 0) is 0 Å². The molecule has 4 N–H and O–H groups in total. The number of fused-ring (bicyclic) bond motifs is 1. The van der Waals surface area contributed by atoms with Gasteiger partial charge in [0.2, 0.25) is 0 Å². The van der Waals surface area contributed by atoms with Gasteiger partial charge in [0.25, 0.3) is 5.91 Å². The van der Waals surface area contributed by atoms with Crippen molar-refractivity contribution in [2.45, 2.75) is 59.7 Å². The third-order valence-electron chi connectivity index (χ3n) is 6.42. The quantitative estimate of drug-likeness (QED) is 0.429. The Hall–Kier alpha value is -3.80. The Labute approximate surface area is 222 Å². The van der Waals surface area contributed by atoms with E-state index in [0.717, 1.165) is 0 Å². The third kappa shape index (κ3) is 6.55. The fourth-order valence-corrected chi connectivity index (χ4v) is 4.20. The summed E-state index contributed by atoms with van der Waals surface area (Å²) < 4.78 is 11.5. The van der Waals surface area contributed by atoms with Crippen LogP contribution in [0, 0.1) is 19.8 Å². The highest BCUT2D eigenvalue weighted by molar-refractivity contribution is 6.04. The van der Waals surface area contributed by atoms with Crippen LogP contribution in [-0.4, -0.2) is 83.0 Å². The standard InChI is InChI=1S/C26H38N6O6/c1-14(2)27-26(36)31(7)12-21-15(3)11-32(16(4)13-33)24(34)19-9-8-10-20(23(19)37-21)28-25(35)29-22-17(5)30-38-18(22)6/h8-10,14-16,21,33H,11-13H2,1-7H3,(H,27,36)(H2,28,29,35)/t15-,16-,21-/m0/s1. The molecule has 3 rings (SSSR count). The van der Waals surface area contributed by atoms with E-state index in [9.17, 15) is 19.5 Å². The molecule has 0 fully saturated rings. The van der Waals surface area contributed by atoms with Crippen LogP contribution in [0.15, 0.2) is 22.7 Å². The van der Waals surface area contributed by atoms with Gasteiger partial charge in [-0.25, -0.2) is 9.59 Å². The maximum Gasteiger partial charge on any atom is 0.323 e. The first kappa shape index (κ1) is 28.8. The van der Waals surface area contributed by atoms with Crippen LogP contribution in [0.2, 0.25) is 0 Å². The zero-order chi connectivity index (χ0) is 28.1. The van der Waals surface area contributed by atoms with Gasteiger partial charge in [0, 0.05) is 25.6 Å². The highest BCUT2D eigenvalue weighted by Crippen LogP contribution is 2.35. The minimum atomic E-state index is -0.565. The topological polar surface area (TPSA) is 149 Å². The van der Waals surface area contributed by atoms with Crippen LogP contribution in [0.25, 0.3) is 0 Å². The lowest BCUT2D eigenvalue weighted by molar-refractivity contribution is 0.0368. The number of carbonyl (C=O) groups excluding carboxylic acids is 3. The van der Waals surface area contributed by atoms with Gasteiger partial charge >= 0.3 is 12.1 Å². The molecule has 0 radical (unpaired) electrons. The Bertz CT molecular complexity index is 1150. The second kappa shape index (κ2) is 12.2. The average Bonchev–Trinajstić information content (AvgIpc) is 3.17. The van der Waals surface area contributed by atoms with E-state index in [-0.39, 0.29) is 54.1 Å². The van der Waals surface area contributed by atoms with E-state index in [0.29, 0.717) is 23.7 Å². The van der Waals surface area contributed by atoms with Gasteiger partial charge in [0.15, 0.2) is 11.5 Å². The van der Waals surface area contributed by atoms with Gasteiger partial charge in [-0.05, 0) is 46.8 Å². The highest BCUT2D eigenvalue weighted by atomic mass is 16.5. The summed E-state index contributed by atoms with van der Waals surface area (Å²) in [7, 11) is 1.67. The summed E-state index contributed by atoms with van der Waals surface area (Å²) in [5.41, 5.74) is 1.50. The lowest BCUT2D eigenvalue weighted by Crippen LogP contribution is -2.51. The molecule has 0 saturated heterocycles. The first-order valence-electron chi connectivity index (χ1n) is 12.7. The summed E-state index contributed by atoms with van der Waals surface area (Å²) in [4.78, 5) is 42.2. The van der Waals surface area contributed by atoms with E-state index in [1.165, 1.54) is 4.90 Å². The van der Waals surface area contributed by atoms with Crippen LogP contribution in [0.5, 0.6) is 5.75 Å². The van der Waals surface area contributed by atoms with Crippen molar-refractivity contribution >= 4 is 29.3 Å². The first-order valence-corrected chi connectivity index (χ1v) is 12.7. The molecule has 1 aromatic heterocycles. The van der Waals surface area contributed by atoms with Gasteiger partial charge in [0.1, 0.15) is 17.5 Å². The Morgan fingerprint density at radius 2 is 1.95 bits per heavy atom. The van der Waals surface area contributed by atoms with E-state index in [2.05, 4.69) is 21.1 Å². The number of ether oxygens (including phenoxy) is 1. The summed E-state index contributed by atoms with van der Waals surface area (Å²) >= 11 is 0. The fourth-order valence-electron chi connectivity index (χ4n) is 4.20. The Balaban J connectivity index is 1.97. The number of hydrogen-bond donors (Lipinski definition) is 4. The van der Waals surface area contributed by atoms with Gasteiger partial charge in [-0.2, -0.15) is 0 Å². The zero-order valence-electron chi connectivity index (χ0n) is 23.0. The van der Waals surface area contributed by atoms with Crippen molar-refractivity contribution in [3.63, 3.8) is 0 Å². The number of aryl methyl sites for hydroxylation is 2. The number of rotatable bonds is 7. The number of amides is 5. The minimum Gasteiger partial charge on any atom is -0.485 e. The van der Waals surface area contributed by atoms with Crippen molar-refractivity contribution in [3.8, 4) is 5.75 Å². The number of aliphatic hydroxyl groups is 1. The van der Waals surface area contributed by atoms with Gasteiger partial charge < -0.3 is 40.1 Å². The predicted molar refractivity (Wildman–Crippen MR) is 143 cm³/mol. The number of nitrogens with zero attached hydrogens (tertiary/aromatic N) is 3. The van der Waals surface area contributed by atoms with Gasteiger partial charge in [-0.1, -0.05) is 18.1 Å². The molecule has 2 heterocycles. The third-order valence-corrected chi connectivity index (χ3v) is 6.42. The second-order valence-electron chi connectivity index (χ2n) is 10.1. The summed E-state index contributed by atoms with van der Waals surface area (Å²) in [6.07, 6.45) is -0.522. The normalized spacial score (nSPS) is 18.1. The molecule has 1 aliphatic heterocycles. The molecular formula is C26H38N6O6. The molecule has 3 atom stereocenters. The predicted octanol–water partition coefficient (Wildman–Crippen LogP) is 3.21. The molecule has 1 aliphatic rings. The number of para-hydroxylation sites is 1. The summed E-state index contributed by atoms with van der Waals surface area (Å²) in [5.74, 6) is 0.112. The van der Waals surface area contributed by atoms with E-state index < -0.39 is 18.2 Å². The van der Waals surface area contributed by atoms with Crippen LogP contribution in [0.4, 0.5) is 21.0 Å². The minimum absolute atomic E-state index is 0.0353. The number of likely N-dealkylation sites (N-methyl/N-ethyl adjacent to an activating group) is 1. The van der Waals surface area contributed by atoms with Crippen molar-refractivity contribution < 1.29 is 28.8 Å². The van der Waals surface area contributed by atoms with E-state index >= 15 is 0 Å². The Morgan fingerprint density at radius 1 is 1.24 bits per heavy atom. The molecule has 0 unspecified atom stereocenters. The second-order valence-corrected chi connectivity index (χ2v) is 10.1. The van der Waals surface area contributed by atoms with Crippen LogP contribution in [0.1, 0.15) is 49.5 Å². The lowest BCUT2D eigenvalue weighted by atomic mass is 9.99. The van der Waals surface area contributed by atoms with E-state index in [1.807, 2.05) is 20.8 Å². The van der Waals surface area contributed by atoms with Crippen LogP contribution < -0.4 is 20.7 Å². The van der Waals surface area contributed by atoms with Crippen molar-refractivity contribution in [3.05, 3.63) is 35.2 Å². The largest absolute Gasteiger partial charge is 0.485 e. The molecule has 12 nitrogen and oxygen atoms in total. The number of carbonyl (C=O) groups is 3. The zero-order valence-corrected chi connectivity index (χ0v) is 23.0. The molecular weight excluding hydrogens is 492 g/mol. The number of aliphatic hydroxyl groups excluding tert-OH is 1. The first-order chi connectivity index (χ1) is 17.9. The van der Waals surface area contributed by atoms with Gasteiger partial charge in [-0.3, -0.25) is 4.79 Å². The molecule has 2 aromatic rings. The summed E-state index contributed by atoms with van der Waals surface area (Å²) in [6, 6.07) is 3.61. The SMILES string of the molecule is Cc1noc(C)c1NC(=O)Nc1cccc2c1O[C@@H](CN(C)C(=O)NC(C)C)[C@@H](C)CN([C@@H](C)CO)C2=O. The molecule has 38 heavy (non-hydrogen) atoms. The van der Waals surface area contributed by atoms with Crippen LogP contribution in [0.3, 0.4) is 0 Å².